The Hall–Kier alpha value is -3.04. The molecule has 1 atom stereocenters. The van der Waals surface area contributed by atoms with Gasteiger partial charge in [0.2, 0.25) is 9.84 Å². The molecule has 0 radical (unpaired) electrons. The second kappa shape index (κ2) is 8.60. The van der Waals surface area contributed by atoms with Crippen LogP contribution in [0.25, 0.3) is 10.9 Å². The van der Waals surface area contributed by atoms with Crippen LogP contribution in [0.2, 0.25) is 5.02 Å². The van der Waals surface area contributed by atoms with Crippen LogP contribution >= 0.6 is 11.6 Å². The molecule has 3 aromatic rings. The molecule has 1 amide bonds. The summed E-state index contributed by atoms with van der Waals surface area (Å²) in [5, 5.41) is 11.8. The Kier molecular flexibility index (Phi) is 6.28. The van der Waals surface area contributed by atoms with Crippen LogP contribution in [0.5, 0.6) is 0 Å². The van der Waals surface area contributed by atoms with E-state index in [2.05, 4.69) is 10.3 Å². The summed E-state index contributed by atoms with van der Waals surface area (Å²) in [6.45, 7) is 5.09. The van der Waals surface area contributed by atoms with Crippen LogP contribution in [0.3, 0.4) is 0 Å². The molecule has 0 aliphatic rings. The molecule has 2 aromatic carbocycles. The minimum absolute atomic E-state index is 0.0121. The van der Waals surface area contributed by atoms with Gasteiger partial charge in [0.25, 0.3) is 0 Å². The molecule has 164 valence electrons. The van der Waals surface area contributed by atoms with E-state index in [1.807, 2.05) is 6.07 Å². The first-order valence-corrected chi connectivity index (χ1v) is 11.2. The van der Waals surface area contributed by atoms with Crippen molar-refractivity contribution in [3.63, 3.8) is 0 Å². The Labute approximate surface area is 184 Å². The highest BCUT2D eigenvalue weighted by atomic mass is 35.5. The van der Waals surface area contributed by atoms with E-state index in [-0.39, 0.29) is 32.5 Å². The molecular formula is C21H21ClN2O6S. The van der Waals surface area contributed by atoms with Crippen molar-refractivity contribution in [3.05, 3.63) is 58.2 Å². The maximum atomic E-state index is 13.7. The molecule has 1 unspecified atom stereocenters. The van der Waals surface area contributed by atoms with Crippen LogP contribution in [0.1, 0.15) is 29.8 Å². The fourth-order valence-corrected chi connectivity index (χ4v) is 5.46. The number of aryl methyl sites for hydroxylation is 2. The van der Waals surface area contributed by atoms with E-state index in [1.54, 1.807) is 32.9 Å². The van der Waals surface area contributed by atoms with E-state index < -0.39 is 27.9 Å². The molecule has 0 aliphatic heterocycles. The van der Waals surface area contributed by atoms with Crippen molar-refractivity contribution in [1.29, 1.82) is 0 Å². The van der Waals surface area contributed by atoms with Gasteiger partial charge in [0.05, 0.1) is 17.2 Å². The van der Waals surface area contributed by atoms with Gasteiger partial charge in [-0.25, -0.2) is 18.0 Å². The Bertz CT molecular complexity index is 1260. The third-order valence-electron chi connectivity index (χ3n) is 4.59. The first-order valence-electron chi connectivity index (χ1n) is 9.35. The smallest absolute Gasteiger partial charge is 0.405 e. The number of carbonyl (C=O) groups is 2. The number of carboxylic acid groups (broad SMARTS) is 1. The Morgan fingerprint density at radius 2 is 1.81 bits per heavy atom. The minimum Gasteiger partial charge on any atom is -0.465 e. The van der Waals surface area contributed by atoms with Gasteiger partial charge in [-0.3, -0.25) is 0 Å². The summed E-state index contributed by atoms with van der Waals surface area (Å²) in [4.78, 5) is 26.6. The lowest BCUT2D eigenvalue weighted by atomic mass is 10.2. The van der Waals surface area contributed by atoms with Crippen molar-refractivity contribution < 1.29 is 27.9 Å². The molecule has 0 fully saturated rings. The summed E-state index contributed by atoms with van der Waals surface area (Å²) in [5.74, 6) is -0.931. The molecule has 1 heterocycles. The Balaban J connectivity index is 2.36. The van der Waals surface area contributed by atoms with Gasteiger partial charge in [-0.2, -0.15) is 0 Å². The van der Waals surface area contributed by atoms with Gasteiger partial charge in [-0.1, -0.05) is 17.7 Å². The highest BCUT2D eigenvalue weighted by Crippen LogP contribution is 2.37. The second-order valence-corrected chi connectivity index (χ2v) is 9.34. The predicted octanol–water partition coefficient (Wildman–Crippen LogP) is 4.14. The van der Waals surface area contributed by atoms with Crippen molar-refractivity contribution >= 4 is 44.4 Å². The quantitative estimate of drug-likeness (QED) is 0.470. The molecule has 3 rings (SSSR count). The molecule has 1 aromatic heterocycles. The van der Waals surface area contributed by atoms with Crippen LogP contribution in [-0.4, -0.2) is 37.2 Å². The molecule has 10 heteroatoms. The zero-order chi connectivity index (χ0) is 22.9. The summed E-state index contributed by atoms with van der Waals surface area (Å²) >= 11 is 6.11. The first kappa shape index (κ1) is 22.6. The normalized spacial score (nSPS) is 12.5. The number of ether oxygens (including phenoxy) is 1. The Morgan fingerprint density at radius 1 is 1.16 bits per heavy atom. The summed E-state index contributed by atoms with van der Waals surface area (Å²) in [6.07, 6.45) is -1.51. The topological polar surface area (TPSA) is 126 Å². The van der Waals surface area contributed by atoms with Crippen molar-refractivity contribution in [1.82, 2.24) is 10.3 Å². The average Bonchev–Trinajstić information content (AvgIpc) is 3.04. The van der Waals surface area contributed by atoms with Gasteiger partial charge in [-0.15, -0.1) is 0 Å². The number of rotatable bonds is 6. The SMILES string of the molecule is CCOC(=O)C(NC(=O)O)c1[nH]c2ccc(Cl)cc2c1S(=O)(=O)c1cc(C)cc(C)c1. The molecule has 31 heavy (non-hydrogen) atoms. The number of esters is 1. The van der Waals surface area contributed by atoms with E-state index in [0.717, 1.165) is 11.1 Å². The summed E-state index contributed by atoms with van der Waals surface area (Å²) < 4.78 is 32.4. The number of amides is 1. The Morgan fingerprint density at radius 3 is 2.39 bits per heavy atom. The zero-order valence-corrected chi connectivity index (χ0v) is 18.6. The number of aromatic nitrogens is 1. The number of carbonyl (C=O) groups excluding carboxylic acids is 1. The molecule has 0 spiro atoms. The third kappa shape index (κ3) is 4.52. The molecule has 0 saturated carbocycles. The molecule has 0 bridgehead atoms. The van der Waals surface area contributed by atoms with Gasteiger partial charge < -0.3 is 20.1 Å². The van der Waals surface area contributed by atoms with Gasteiger partial charge in [0, 0.05) is 15.9 Å². The number of aromatic amines is 1. The number of sulfone groups is 1. The molecule has 3 N–H and O–H groups in total. The molecular weight excluding hydrogens is 444 g/mol. The van der Waals surface area contributed by atoms with Gasteiger partial charge in [0.1, 0.15) is 4.90 Å². The number of hydrogen-bond acceptors (Lipinski definition) is 5. The van der Waals surface area contributed by atoms with E-state index >= 15 is 0 Å². The second-order valence-electron chi connectivity index (χ2n) is 7.02. The highest BCUT2D eigenvalue weighted by Gasteiger charge is 2.35. The average molecular weight is 465 g/mol. The number of hydrogen-bond donors (Lipinski definition) is 3. The zero-order valence-electron chi connectivity index (χ0n) is 17.0. The summed E-state index contributed by atoms with van der Waals surface area (Å²) in [5.41, 5.74) is 1.72. The molecule has 0 aliphatic carbocycles. The number of halogens is 1. The number of H-pyrrole nitrogens is 1. The lowest BCUT2D eigenvalue weighted by Crippen LogP contribution is -2.35. The minimum atomic E-state index is -4.17. The maximum absolute atomic E-state index is 13.7. The number of nitrogens with one attached hydrogen (secondary N) is 2. The summed E-state index contributed by atoms with van der Waals surface area (Å²) in [6, 6.07) is 7.85. The van der Waals surface area contributed by atoms with Gasteiger partial charge in [-0.05, 0) is 62.2 Å². The van der Waals surface area contributed by atoms with E-state index in [1.165, 1.54) is 18.2 Å². The highest BCUT2D eigenvalue weighted by molar-refractivity contribution is 7.91. The van der Waals surface area contributed by atoms with Gasteiger partial charge >= 0.3 is 12.1 Å². The predicted molar refractivity (Wildman–Crippen MR) is 115 cm³/mol. The third-order valence-corrected chi connectivity index (χ3v) is 6.66. The number of benzene rings is 2. The van der Waals surface area contributed by atoms with Crippen molar-refractivity contribution in [2.75, 3.05) is 6.61 Å². The molecule has 0 saturated heterocycles. The lowest BCUT2D eigenvalue weighted by Gasteiger charge is -2.17. The lowest BCUT2D eigenvalue weighted by molar-refractivity contribution is -0.145. The van der Waals surface area contributed by atoms with E-state index in [0.29, 0.717) is 5.52 Å². The standard InChI is InChI=1S/C21H21ClN2O6S/c1-4-30-20(25)18(24-21(26)27)17-19(15-10-13(22)5-6-16(15)23-17)31(28,29)14-8-11(2)7-12(3)9-14/h5-10,18,23-24H,4H2,1-3H3,(H,26,27). The fourth-order valence-electron chi connectivity index (χ4n) is 3.46. The molecule has 8 nitrogen and oxygen atoms in total. The van der Waals surface area contributed by atoms with Crippen molar-refractivity contribution in [3.8, 4) is 0 Å². The fraction of sp³-hybridized carbons (Fsp3) is 0.238. The maximum Gasteiger partial charge on any atom is 0.405 e. The van der Waals surface area contributed by atoms with Crippen LogP contribution < -0.4 is 5.32 Å². The summed E-state index contributed by atoms with van der Waals surface area (Å²) in [7, 11) is -4.17. The van der Waals surface area contributed by atoms with Crippen LogP contribution in [-0.2, 0) is 19.4 Å². The number of fused-ring (bicyclic) bond motifs is 1. The van der Waals surface area contributed by atoms with Crippen molar-refractivity contribution in [2.45, 2.75) is 36.6 Å². The van der Waals surface area contributed by atoms with E-state index in [9.17, 15) is 23.1 Å². The van der Waals surface area contributed by atoms with Crippen LogP contribution in [0.4, 0.5) is 4.79 Å². The monoisotopic (exact) mass is 464 g/mol. The van der Waals surface area contributed by atoms with Gasteiger partial charge in [0.15, 0.2) is 6.04 Å². The van der Waals surface area contributed by atoms with Crippen LogP contribution in [0.15, 0.2) is 46.2 Å². The van der Waals surface area contributed by atoms with Crippen LogP contribution in [0, 0.1) is 13.8 Å². The largest absolute Gasteiger partial charge is 0.465 e. The van der Waals surface area contributed by atoms with Crippen molar-refractivity contribution in [2.24, 2.45) is 0 Å². The van der Waals surface area contributed by atoms with E-state index in [4.69, 9.17) is 16.3 Å². The first-order chi connectivity index (χ1) is 14.5.